The number of nitro benzene ring substituents is 1. The van der Waals surface area contributed by atoms with Gasteiger partial charge in [0.05, 0.1) is 16.6 Å². The number of nitro groups is 1. The highest BCUT2D eigenvalue weighted by Gasteiger charge is 2.14. The fourth-order valence-electron chi connectivity index (χ4n) is 3.56. The third kappa shape index (κ3) is 5.12. The zero-order valence-corrected chi connectivity index (χ0v) is 19.3. The first-order chi connectivity index (χ1) is 16.4. The number of rotatable bonds is 9. The van der Waals surface area contributed by atoms with Crippen LogP contribution in [0, 0.1) is 17.0 Å². The van der Waals surface area contributed by atoms with E-state index in [4.69, 9.17) is 0 Å². The minimum absolute atomic E-state index is 0.0190. The molecule has 0 radical (unpaired) electrons. The van der Waals surface area contributed by atoms with Gasteiger partial charge in [0, 0.05) is 43.1 Å². The number of benzene rings is 2. The number of anilines is 1. The number of aromatic nitrogens is 2. The molecule has 0 aliphatic heterocycles. The quantitative estimate of drug-likeness (QED) is 0.214. The Labute approximate surface area is 199 Å². The monoisotopic (exact) mass is 477 g/mol. The van der Waals surface area contributed by atoms with Crippen molar-refractivity contribution in [1.29, 1.82) is 0 Å². The average Bonchev–Trinajstić information content (AvgIpc) is 3.27. The Morgan fingerprint density at radius 3 is 2.68 bits per heavy atom. The number of carbonyl (C=O) groups is 1. The van der Waals surface area contributed by atoms with Gasteiger partial charge < -0.3 is 10.6 Å². The van der Waals surface area contributed by atoms with Gasteiger partial charge in [0.1, 0.15) is 10.5 Å². The van der Waals surface area contributed by atoms with Gasteiger partial charge >= 0.3 is 0 Å². The molecular formula is C24H23N5O4S. The maximum atomic E-state index is 13.1. The summed E-state index contributed by atoms with van der Waals surface area (Å²) in [5.74, 6) is -0.222. The number of para-hydroxylation sites is 2. The van der Waals surface area contributed by atoms with Crippen molar-refractivity contribution in [2.45, 2.75) is 19.9 Å². The van der Waals surface area contributed by atoms with Crippen molar-refractivity contribution in [2.75, 3.05) is 18.4 Å². The van der Waals surface area contributed by atoms with Crippen molar-refractivity contribution >= 4 is 38.8 Å². The zero-order valence-electron chi connectivity index (χ0n) is 18.5. The van der Waals surface area contributed by atoms with E-state index >= 15 is 0 Å². The second-order valence-corrected chi connectivity index (χ2v) is 8.60. The predicted molar refractivity (Wildman–Crippen MR) is 133 cm³/mol. The number of amides is 1. The Bertz CT molecular complexity index is 1390. The van der Waals surface area contributed by atoms with Crippen molar-refractivity contribution in [3.63, 3.8) is 0 Å². The highest BCUT2D eigenvalue weighted by atomic mass is 32.1. The van der Waals surface area contributed by atoms with Crippen LogP contribution < -0.4 is 16.2 Å². The molecule has 9 nitrogen and oxygen atoms in total. The topological polar surface area (TPSA) is 119 Å². The van der Waals surface area contributed by atoms with Crippen molar-refractivity contribution in [1.82, 2.24) is 14.9 Å². The van der Waals surface area contributed by atoms with E-state index in [0.717, 1.165) is 16.7 Å². The molecule has 10 heteroatoms. The molecule has 0 aliphatic carbocycles. The van der Waals surface area contributed by atoms with Gasteiger partial charge in [-0.3, -0.25) is 24.3 Å². The SMILES string of the molecule is Cc1ccc(-c2csc3ncn(CCC(=O)NCCNc4ccccc4[N+](=O)[O-])c(=O)c23)cc1. The van der Waals surface area contributed by atoms with Crippen molar-refractivity contribution in [3.05, 3.63) is 86.3 Å². The maximum Gasteiger partial charge on any atom is 0.292 e. The molecular weight excluding hydrogens is 454 g/mol. The molecule has 0 saturated heterocycles. The van der Waals surface area contributed by atoms with E-state index in [1.54, 1.807) is 18.2 Å². The minimum atomic E-state index is -0.457. The van der Waals surface area contributed by atoms with Crippen LogP contribution in [0.2, 0.25) is 0 Å². The fraction of sp³-hybridized carbons (Fsp3) is 0.208. The van der Waals surface area contributed by atoms with Crippen molar-refractivity contribution < 1.29 is 9.72 Å². The number of carbonyl (C=O) groups excluding carboxylic acids is 1. The van der Waals surface area contributed by atoms with Crippen LogP contribution in [0.1, 0.15) is 12.0 Å². The summed E-state index contributed by atoms with van der Waals surface area (Å²) in [4.78, 5) is 41.0. The smallest absolute Gasteiger partial charge is 0.292 e. The molecule has 2 aromatic heterocycles. The van der Waals surface area contributed by atoms with E-state index in [1.165, 1.54) is 28.3 Å². The molecule has 0 aliphatic rings. The Kier molecular flexibility index (Phi) is 6.98. The van der Waals surface area contributed by atoms with Gasteiger partial charge in [-0.25, -0.2) is 4.98 Å². The maximum absolute atomic E-state index is 13.1. The lowest BCUT2D eigenvalue weighted by molar-refractivity contribution is -0.384. The molecule has 2 aromatic carbocycles. The highest BCUT2D eigenvalue weighted by Crippen LogP contribution is 2.30. The second kappa shape index (κ2) is 10.3. The second-order valence-electron chi connectivity index (χ2n) is 7.74. The molecule has 2 N–H and O–H groups in total. The number of aryl methyl sites for hydroxylation is 2. The number of nitrogens with one attached hydrogen (secondary N) is 2. The van der Waals surface area contributed by atoms with Crippen LogP contribution in [0.5, 0.6) is 0 Å². The molecule has 0 unspecified atom stereocenters. The molecule has 0 atom stereocenters. The van der Waals surface area contributed by atoms with Crippen LogP contribution in [-0.2, 0) is 11.3 Å². The Balaban J connectivity index is 1.35. The Hall–Kier alpha value is -4.05. The summed E-state index contributed by atoms with van der Waals surface area (Å²) in [7, 11) is 0. The molecule has 174 valence electrons. The first kappa shape index (κ1) is 23.1. The van der Waals surface area contributed by atoms with Crippen LogP contribution in [-0.4, -0.2) is 33.5 Å². The van der Waals surface area contributed by atoms with Crippen molar-refractivity contribution in [3.8, 4) is 11.1 Å². The summed E-state index contributed by atoms with van der Waals surface area (Å²) >= 11 is 1.42. The van der Waals surface area contributed by atoms with E-state index < -0.39 is 4.92 Å². The van der Waals surface area contributed by atoms with E-state index in [0.29, 0.717) is 29.0 Å². The predicted octanol–water partition coefficient (Wildman–Crippen LogP) is 3.96. The van der Waals surface area contributed by atoms with Crippen LogP contribution in [0.4, 0.5) is 11.4 Å². The fourth-order valence-corrected chi connectivity index (χ4v) is 4.47. The minimum Gasteiger partial charge on any atom is -0.378 e. The van der Waals surface area contributed by atoms with Crippen LogP contribution in [0.15, 0.2) is 65.0 Å². The lowest BCUT2D eigenvalue weighted by Gasteiger charge is -2.09. The zero-order chi connectivity index (χ0) is 24.1. The first-order valence-corrected chi connectivity index (χ1v) is 11.6. The van der Waals surface area contributed by atoms with E-state index in [2.05, 4.69) is 15.6 Å². The van der Waals surface area contributed by atoms with Crippen molar-refractivity contribution in [2.24, 2.45) is 0 Å². The molecule has 0 spiro atoms. The summed E-state index contributed by atoms with van der Waals surface area (Å²) in [5, 5.41) is 19.3. The molecule has 34 heavy (non-hydrogen) atoms. The number of fused-ring (bicyclic) bond motifs is 1. The lowest BCUT2D eigenvalue weighted by Crippen LogP contribution is -2.31. The van der Waals surface area contributed by atoms with Gasteiger partial charge in [-0.1, -0.05) is 42.0 Å². The number of hydrogen-bond acceptors (Lipinski definition) is 7. The largest absolute Gasteiger partial charge is 0.378 e. The van der Waals surface area contributed by atoms with Crippen LogP contribution in [0.3, 0.4) is 0 Å². The highest BCUT2D eigenvalue weighted by molar-refractivity contribution is 7.17. The van der Waals surface area contributed by atoms with Gasteiger partial charge in [-0.2, -0.15) is 0 Å². The van der Waals surface area contributed by atoms with E-state index in [9.17, 15) is 19.7 Å². The van der Waals surface area contributed by atoms with Gasteiger partial charge in [-0.05, 0) is 18.6 Å². The third-order valence-electron chi connectivity index (χ3n) is 5.37. The Morgan fingerprint density at radius 2 is 1.91 bits per heavy atom. The summed E-state index contributed by atoms with van der Waals surface area (Å²) in [6.07, 6.45) is 1.59. The third-order valence-corrected chi connectivity index (χ3v) is 6.25. The lowest BCUT2D eigenvalue weighted by atomic mass is 10.1. The molecule has 4 aromatic rings. The normalized spacial score (nSPS) is 10.9. The summed E-state index contributed by atoms with van der Waals surface area (Å²) in [6, 6.07) is 14.3. The van der Waals surface area contributed by atoms with Gasteiger partial charge in [0.15, 0.2) is 0 Å². The van der Waals surface area contributed by atoms with E-state index in [1.807, 2.05) is 36.6 Å². The van der Waals surface area contributed by atoms with Gasteiger partial charge in [0.25, 0.3) is 11.2 Å². The molecule has 4 rings (SSSR count). The number of thiophene rings is 1. The molecule has 0 saturated carbocycles. The van der Waals surface area contributed by atoms with Crippen LogP contribution >= 0.6 is 11.3 Å². The van der Waals surface area contributed by atoms with E-state index in [-0.39, 0.29) is 30.1 Å². The van der Waals surface area contributed by atoms with Crippen LogP contribution in [0.25, 0.3) is 21.3 Å². The number of nitrogens with zero attached hydrogens (tertiary/aromatic N) is 3. The Morgan fingerprint density at radius 1 is 1.15 bits per heavy atom. The van der Waals surface area contributed by atoms with Gasteiger partial charge in [-0.15, -0.1) is 11.3 Å². The molecule has 2 heterocycles. The summed E-state index contributed by atoms with van der Waals surface area (Å²) < 4.78 is 1.46. The average molecular weight is 478 g/mol. The summed E-state index contributed by atoms with van der Waals surface area (Å²) in [6.45, 7) is 2.84. The molecule has 0 bridgehead atoms. The summed E-state index contributed by atoms with van der Waals surface area (Å²) in [5.41, 5.74) is 3.15. The van der Waals surface area contributed by atoms with Gasteiger partial charge in [0.2, 0.25) is 5.91 Å². The number of hydrogen-bond donors (Lipinski definition) is 2. The molecule has 0 fully saturated rings. The first-order valence-electron chi connectivity index (χ1n) is 10.7. The molecule has 1 amide bonds. The standard InChI is InChI=1S/C24H23N5O4S/c1-16-6-8-17(9-7-16)18-14-34-23-22(18)24(31)28(15-27-23)13-10-21(30)26-12-11-25-19-4-2-3-5-20(19)29(32)33/h2-9,14-15,25H,10-13H2,1H3,(H,26,30).